The molecule has 5 nitrogen and oxygen atoms in total. The summed E-state index contributed by atoms with van der Waals surface area (Å²) in [4.78, 5) is 20.3. The maximum atomic E-state index is 11.8. The van der Waals surface area contributed by atoms with E-state index >= 15 is 0 Å². The number of nitrogens with zero attached hydrogens (tertiary/aromatic N) is 2. The van der Waals surface area contributed by atoms with E-state index in [1.165, 1.54) is 6.33 Å². The molecule has 0 saturated heterocycles. The monoisotopic (exact) mass is 399 g/mol. The molecule has 1 aromatic carbocycles. The Morgan fingerprint density at radius 2 is 2.14 bits per heavy atom. The van der Waals surface area contributed by atoms with Crippen molar-refractivity contribution >= 4 is 45.3 Å². The lowest BCUT2D eigenvalue weighted by Crippen LogP contribution is -2.31. The molecule has 21 heavy (non-hydrogen) atoms. The third-order valence-corrected chi connectivity index (χ3v) is 4.04. The first kappa shape index (κ1) is 15.9. The topological polar surface area (TPSA) is 64.1 Å². The zero-order chi connectivity index (χ0) is 15.4. The number of hydrogen-bond acceptors (Lipinski definition) is 5. The van der Waals surface area contributed by atoms with Crippen molar-refractivity contribution in [3.8, 4) is 0 Å². The highest BCUT2D eigenvalue weighted by atomic mass is 127. The minimum atomic E-state index is -0.252. The number of carbonyl (C=O) groups excluding carboxylic acids is 1. The second kappa shape index (κ2) is 7.02. The van der Waals surface area contributed by atoms with Crippen molar-refractivity contribution in [2.75, 3.05) is 11.9 Å². The second-order valence-corrected chi connectivity index (χ2v) is 6.10. The summed E-state index contributed by atoms with van der Waals surface area (Å²) >= 11 is 2.26. The Hall–Kier alpha value is -1.44. The number of esters is 1. The molecule has 0 aliphatic heterocycles. The molecule has 0 spiro atoms. The third-order valence-electron chi connectivity index (χ3n) is 3.37. The number of fused-ring (bicyclic) bond motifs is 1. The predicted octanol–water partition coefficient (Wildman–Crippen LogP) is 3.23. The maximum Gasteiger partial charge on any atom is 0.310 e. The van der Waals surface area contributed by atoms with Gasteiger partial charge in [-0.2, -0.15) is 0 Å². The largest absolute Gasteiger partial charge is 0.466 e. The molecule has 0 aliphatic carbocycles. The van der Waals surface area contributed by atoms with Crippen LogP contribution in [0.4, 0.5) is 5.82 Å². The summed E-state index contributed by atoms with van der Waals surface area (Å²) in [6.45, 7) is 6.00. The van der Waals surface area contributed by atoms with E-state index in [1.54, 1.807) is 0 Å². The number of anilines is 1. The summed E-state index contributed by atoms with van der Waals surface area (Å²) in [6, 6.07) is 5.91. The van der Waals surface area contributed by atoms with Gasteiger partial charge in [-0.05, 0) is 61.6 Å². The maximum absolute atomic E-state index is 11.8. The van der Waals surface area contributed by atoms with E-state index in [4.69, 9.17) is 4.74 Å². The van der Waals surface area contributed by atoms with Crippen LogP contribution in [0.15, 0.2) is 24.5 Å². The van der Waals surface area contributed by atoms with Gasteiger partial charge in [0.1, 0.15) is 12.1 Å². The van der Waals surface area contributed by atoms with Gasteiger partial charge < -0.3 is 10.1 Å². The highest BCUT2D eigenvalue weighted by Gasteiger charge is 2.22. The molecule has 112 valence electrons. The van der Waals surface area contributed by atoms with Gasteiger partial charge in [-0.3, -0.25) is 4.79 Å². The first-order valence-electron chi connectivity index (χ1n) is 6.86. The molecule has 0 saturated carbocycles. The van der Waals surface area contributed by atoms with Crippen molar-refractivity contribution in [3.63, 3.8) is 0 Å². The van der Waals surface area contributed by atoms with Crippen molar-refractivity contribution in [1.82, 2.24) is 9.97 Å². The van der Waals surface area contributed by atoms with Gasteiger partial charge in [0.05, 0.1) is 18.0 Å². The van der Waals surface area contributed by atoms with Gasteiger partial charge >= 0.3 is 5.97 Å². The molecule has 0 bridgehead atoms. The fourth-order valence-corrected chi connectivity index (χ4v) is 2.45. The summed E-state index contributed by atoms with van der Waals surface area (Å²) in [5.41, 5.74) is 0.879. The average Bonchev–Trinajstić information content (AvgIpc) is 2.47. The molecule has 0 fully saturated rings. The average molecular weight is 399 g/mol. The Kier molecular flexibility index (Phi) is 5.33. The van der Waals surface area contributed by atoms with Crippen molar-refractivity contribution < 1.29 is 9.53 Å². The molecule has 2 atom stereocenters. The van der Waals surface area contributed by atoms with E-state index in [0.717, 1.165) is 20.3 Å². The summed E-state index contributed by atoms with van der Waals surface area (Å²) in [5.74, 6) is 0.283. The van der Waals surface area contributed by atoms with Gasteiger partial charge in [-0.15, -0.1) is 0 Å². The Morgan fingerprint density at radius 3 is 2.86 bits per heavy atom. The van der Waals surface area contributed by atoms with Crippen LogP contribution < -0.4 is 5.32 Å². The van der Waals surface area contributed by atoms with E-state index in [0.29, 0.717) is 6.61 Å². The van der Waals surface area contributed by atoms with Crippen molar-refractivity contribution in [2.24, 2.45) is 5.92 Å². The van der Waals surface area contributed by atoms with Crippen LogP contribution in [-0.4, -0.2) is 28.6 Å². The lowest BCUT2D eigenvalue weighted by molar-refractivity contribution is -0.147. The third kappa shape index (κ3) is 3.81. The second-order valence-electron chi connectivity index (χ2n) is 4.86. The number of nitrogens with one attached hydrogen (secondary N) is 1. The van der Waals surface area contributed by atoms with Crippen LogP contribution in [0.25, 0.3) is 10.9 Å². The van der Waals surface area contributed by atoms with Crippen LogP contribution in [0.5, 0.6) is 0 Å². The van der Waals surface area contributed by atoms with Gasteiger partial charge in [0, 0.05) is 15.0 Å². The number of aromatic nitrogens is 2. The first-order valence-corrected chi connectivity index (χ1v) is 7.94. The van der Waals surface area contributed by atoms with Crippen LogP contribution in [0.1, 0.15) is 20.8 Å². The zero-order valence-electron chi connectivity index (χ0n) is 12.3. The summed E-state index contributed by atoms with van der Waals surface area (Å²) < 4.78 is 6.17. The normalized spacial score (nSPS) is 13.7. The lowest BCUT2D eigenvalue weighted by atomic mass is 10.0. The van der Waals surface area contributed by atoms with E-state index in [2.05, 4.69) is 37.9 Å². The minimum absolute atomic E-state index is 0.0833. The van der Waals surface area contributed by atoms with Crippen LogP contribution in [0.3, 0.4) is 0 Å². The Morgan fingerprint density at radius 1 is 1.38 bits per heavy atom. The molecule has 1 heterocycles. The van der Waals surface area contributed by atoms with E-state index in [-0.39, 0.29) is 17.9 Å². The van der Waals surface area contributed by atoms with Gasteiger partial charge in [0.25, 0.3) is 0 Å². The summed E-state index contributed by atoms with van der Waals surface area (Å²) in [7, 11) is 0. The number of benzene rings is 1. The highest BCUT2D eigenvalue weighted by molar-refractivity contribution is 14.1. The molecule has 2 rings (SSSR count). The van der Waals surface area contributed by atoms with Crippen LogP contribution in [-0.2, 0) is 9.53 Å². The molecule has 1 N–H and O–H groups in total. The molecule has 0 aliphatic rings. The fourth-order valence-electron chi connectivity index (χ4n) is 1.96. The molecule has 0 radical (unpaired) electrons. The summed E-state index contributed by atoms with van der Waals surface area (Å²) in [5, 5.41) is 4.25. The quantitative estimate of drug-likeness (QED) is 0.618. The van der Waals surface area contributed by atoms with Crippen molar-refractivity contribution in [3.05, 3.63) is 28.1 Å². The number of ether oxygens (including phenoxy) is 1. The van der Waals surface area contributed by atoms with Gasteiger partial charge in [-0.25, -0.2) is 9.97 Å². The molecule has 6 heteroatoms. The number of rotatable bonds is 5. The Balaban J connectivity index is 2.23. The van der Waals surface area contributed by atoms with Crippen LogP contribution >= 0.6 is 22.6 Å². The smallest absolute Gasteiger partial charge is 0.310 e. The standard InChI is InChI=1S/C15H18IN3O2/c1-4-21-15(20)9(2)10(3)19-14-12-7-11(16)5-6-13(12)17-8-18-14/h5-10H,4H2,1-3H3,(H,17,18,19). The molecular formula is C15H18IN3O2. The fraction of sp³-hybridized carbons (Fsp3) is 0.400. The molecular weight excluding hydrogens is 381 g/mol. The molecule has 2 aromatic rings. The summed E-state index contributed by atoms with van der Waals surface area (Å²) in [6.07, 6.45) is 1.53. The van der Waals surface area contributed by atoms with Crippen molar-refractivity contribution in [1.29, 1.82) is 0 Å². The minimum Gasteiger partial charge on any atom is -0.466 e. The van der Waals surface area contributed by atoms with Gasteiger partial charge in [-0.1, -0.05) is 0 Å². The number of halogens is 1. The predicted molar refractivity (Wildman–Crippen MR) is 91.1 cm³/mol. The Bertz CT molecular complexity index is 648. The Labute approximate surface area is 137 Å². The molecule has 0 amide bonds. The molecule has 1 aromatic heterocycles. The van der Waals surface area contributed by atoms with Crippen LogP contribution in [0, 0.1) is 9.49 Å². The molecule has 2 unspecified atom stereocenters. The van der Waals surface area contributed by atoms with Gasteiger partial charge in [0.15, 0.2) is 0 Å². The lowest BCUT2D eigenvalue weighted by Gasteiger charge is -2.21. The number of hydrogen-bond donors (Lipinski definition) is 1. The van der Waals surface area contributed by atoms with Gasteiger partial charge in [0.2, 0.25) is 0 Å². The highest BCUT2D eigenvalue weighted by Crippen LogP contribution is 2.23. The first-order chi connectivity index (χ1) is 10.0. The van der Waals surface area contributed by atoms with E-state index in [9.17, 15) is 4.79 Å². The van der Waals surface area contributed by atoms with Crippen molar-refractivity contribution in [2.45, 2.75) is 26.8 Å². The van der Waals surface area contributed by atoms with Crippen LogP contribution in [0.2, 0.25) is 0 Å². The van der Waals surface area contributed by atoms with E-state index < -0.39 is 0 Å². The zero-order valence-corrected chi connectivity index (χ0v) is 14.4. The van der Waals surface area contributed by atoms with E-state index in [1.807, 2.05) is 39.0 Å². The number of carbonyl (C=O) groups is 1. The SMILES string of the molecule is CCOC(=O)C(C)C(C)Nc1ncnc2ccc(I)cc12.